The number of nitrogens with zero attached hydrogens (tertiary/aromatic N) is 6. The van der Waals surface area contributed by atoms with Gasteiger partial charge in [0.25, 0.3) is 22.0 Å². The second-order valence-corrected chi connectivity index (χ2v) is 16.9. The summed E-state index contributed by atoms with van der Waals surface area (Å²) in [6, 6.07) is 2.20. The van der Waals surface area contributed by atoms with E-state index in [1.165, 1.54) is 33.9 Å². The zero-order chi connectivity index (χ0) is 36.2. The van der Waals surface area contributed by atoms with Gasteiger partial charge in [0.1, 0.15) is 17.9 Å². The fourth-order valence-corrected chi connectivity index (χ4v) is 9.38. The second kappa shape index (κ2) is 13.7. The van der Waals surface area contributed by atoms with Gasteiger partial charge in [-0.3, -0.25) is 9.69 Å². The maximum absolute atomic E-state index is 14.5. The monoisotopic (exact) mass is 737 g/mol. The molecule has 2 atom stereocenters. The number of carbonyl (C=O) groups excluding carboxylic acids is 1. The van der Waals surface area contributed by atoms with Crippen LogP contribution in [-0.2, 0) is 14.9 Å². The quantitative estimate of drug-likeness (QED) is 0.353. The number of halogens is 3. The number of amides is 1. The molecule has 0 unspecified atom stereocenters. The fourth-order valence-electron chi connectivity index (χ4n) is 7.89. The third-order valence-corrected chi connectivity index (χ3v) is 12.6. The van der Waals surface area contributed by atoms with Crippen molar-refractivity contribution in [3.63, 3.8) is 0 Å². The Labute approximate surface area is 296 Å². The van der Waals surface area contributed by atoms with Gasteiger partial charge in [0.15, 0.2) is 17.4 Å². The first-order valence-corrected chi connectivity index (χ1v) is 19.2. The van der Waals surface area contributed by atoms with Crippen molar-refractivity contribution in [3.8, 4) is 11.5 Å². The summed E-state index contributed by atoms with van der Waals surface area (Å²) < 4.78 is 82.9. The summed E-state index contributed by atoms with van der Waals surface area (Å²) in [6.45, 7) is 7.94. The maximum atomic E-state index is 14.5. The van der Waals surface area contributed by atoms with E-state index in [0.717, 1.165) is 38.4 Å². The van der Waals surface area contributed by atoms with E-state index in [2.05, 4.69) is 24.5 Å². The Morgan fingerprint density at radius 1 is 1.14 bits per heavy atom. The van der Waals surface area contributed by atoms with E-state index in [-0.39, 0.29) is 35.4 Å². The van der Waals surface area contributed by atoms with Crippen LogP contribution in [0.5, 0.6) is 11.5 Å². The Kier molecular flexibility index (Phi) is 9.75. The molecule has 1 aromatic carbocycles. The molecule has 5 heterocycles. The number of carbonyl (C=O) groups is 1. The number of aromatic nitrogens is 2. The van der Waals surface area contributed by atoms with Gasteiger partial charge in [0.2, 0.25) is 0 Å². The van der Waals surface area contributed by atoms with Gasteiger partial charge in [0.05, 0.1) is 24.9 Å². The highest BCUT2D eigenvalue weighted by atomic mass is 32.2. The lowest BCUT2D eigenvalue weighted by atomic mass is 9.72. The lowest BCUT2D eigenvalue weighted by Gasteiger charge is -2.55. The molecule has 51 heavy (non-hydrogen) atoms. The minimum Gasteiger partial charge on any atom is -0.451 e. The molecule has 5 fully saturated rings. The van der Waals surface area contributed by atoms with Crippen LogP contribution in [0.2, 0.25) is 0 Å². The molecule has 2 aromatic rings. The Balaban J connectivity index is 0.941. The second-order valence-electron chi connectivity index (χ2n) is 15.2. The zero-order valence-corrected chi connectivity index (χ0v) is 29.8. The minimum atomic E-state index is -3.52. The van der Waals surface area contributed by atoms with Crippen LogP contribution in [0.25, 0.3) is 0 Å². The van der Waals surface area contributed by atoms with E-state index >= 15 is 0 Å². The Bertz CT molecular complexity index is 1700. The molecule has 1 saturated carbocycles. The van der Waals surface area contributed by atoms with Gasteiger partial charge in [-0.2, -0.15) is 17.4 Å². The molecule has 280 valence electrons. The Morgan fingerprint density at radius 2 is 1.86 bits per heavy atom. The largest absolute Gasteiger partial charge is 0.451 e. The summed E-state index contributed by atoms with van der Waals surface area (Å²) in [5, 5.41) is 11.2. The fraction of sp³-hybridized carbons (Fsp3) is 0.676. The van der Waals surface area contributed by atoms with Crippen LogP contribution in [0, 0.1) is 11.2 Å². The molecule has 5 aliphatic rings. The summed E-state index contributed by atoms with van der Waals surface area (Å²) >= 11 is 0. The molecule has 17 heteroatoms. The Hall–Kier alpha value is -3.09. The number of ether oxygens (including phenoxy) is 2. The predicted octanol–water partition coefficient (Wildman–Crippen LogP) is 3.37. The summed E-state index contributed by atoms with van der Waals surface area (Å²) in [5.41, 5.74) is -0.0255. The average Bonchev–Trinajstić information content (AvgIpc) is 3.01. The van der Waals surface area contributed by atoms with Crippen LogP contribution >= 0.6 is 0 Å². The van der Waals surface area contributed by atoms with Crippen LogP contribution in [0.15, 0.2) is 30.7 Å². The molecule has 0 bridgehead atoms. The molecular weight excluding hydrogens is 691 g/mol. The number of nitrogens with one attached hydrogen (secondary N) is 1. The van der Waals surface area contributed by atoms with E-state index in [1.54, 1.807) is 13.8 Å². The number of hydrogen-bond acceptors (Lipinski definition) is 10. The average molecular weight is 738 g/mol. The van der Waals surface area contributed by atoms with Gasteiger partial charge in [-0.15, -0.1) is 0 Å². The zero-order valence-electron chi connectivity index (χ0n) is 28.9. The molecule has 1 spiro atoms. The van der Waals surface area contributed by atoms with Gasteiger partial charge in [-0.05, 0) is 70.8 Å². The number of aliphatic hydroxyl groups is 1. The predicted molar refractivity (Wildman–Crippen MR) is 180 cm³/mol. The first-order chi connectivity index (χ1) is 24.1. The number of β-amino-alcohol motifs (C(OH)–C–C–N with tert-alkyl or cyclic N) is 1. The van der Waals surface area contributed by atoms with Crippen LogP contribution in [-0.4, -0.2) is 126 Å². The Morgan fingerprint density at radius 3 is 2.47 bits per heavy atom. The van der Waals surface area contributed by atoms with Gasteiger partial charge >= 0.3 is 0 Å². The summed E-state index contributed by atoms with van der Waals surface area (Å²) in [7, 11) is -3.52. The first kappa shape index (κ1) is 36.3. The van der Waals surface area contributed by atoms with Crippen molar-refractivity contribution in [1.82, 2.24) is 28.8 Å². The van der Waals surface area contributed by atoms with Crippen LogP contribution in [0.3, 0.4) is 0 Å². The van der Waals surface area contributed by atoms with Crippen molar-refractivity contribution in [1.29, 1.82) is 0 Å². The lowest BCUT2D eigenvalue weighted by Crippen LogP contribution is -2.62. The van der Waals surface area contributed by atoms with E-state index in [0.29, 0.717) is 57.1 Å². The summed E-state index contributed by atoms with van der Waals surface area (Å²) in [5.74, 6) is -4.48. The van der Waals surface area contributed by atoms with Crippen molar-refractivity contribution < 1.29 is 41.0 Å². The highest BCUT2D eigenvalue weighted by Gasteiger charge is 2.50. The minimum absolute atomic E-state index is 0.0363. The maximum Gasteiger partial charge on any atom is 0.279 e. The first-order valence-electron chi connectivity index (χ1n) is 17.7. The van der Waals surface area contributed by atoms with Crippen molar-refractivity contribution in [3.05, 3.63) is 42.1 Å². The third kappa shape index (κ3) is 7.69. The van der Waals surface area contributed by atoms with E-state index in [1.807, 2.05) is 0 Å². The summed E-state index contributed by atoms with van der Waals surface area (Å²) in [4.78, 5) is 27.9. The van der Waals surface area contributed by atoms with Gasteiger partial charge in [-0.25, -0.2) is 23.1 Å². The molecule has 1 amide bonds. The molecular formula is C34H46F3N7O6S. The number of piperidine rings is 1. The molecule has 13 nitrogen and oxygen atoms in total. The topological polar surface area (TPSA) is 141 Å². The molecule has 4 saturated heterocycles. The summed E-state index contributed by atoms with van der Waals surface area (Å²) in [6.07, 6.45) is 5.50. The van der Waals surface area contributed by atoms with Gasteiger partial charge in [0, 0.05) is 69.0 Å². The molecule has 0 radical (unpaired) electrons. The number of hydrogen-bond donors (Lipinski definition) is 2. The van der Waals surface area contributed by atoms with Crippen molar-refractivity contribution in [2.45, 2.75) is 88.6 Å². The SMILES string of the molecule is CC(C)N(C(=O)c1cc(F)ccc1Oc1cncnc1N1CC2(CCN(C[C@@]3(O)CC[C@@H](NS(=O)(=O)N4CCC4)CO3)CC2)C1)C1CC(F)(F)C1. The van der Waals surface area contributed by atoms with Gasteiger partial charge < -0.3 is 24.4 Å². The van der Waals surface area contributed by atoms with E-state index in [4.69, 9.17) is 9.47 Å². The number of rotatable bonds is 11. The van der Waals surface area contributed by atoms with Crippen LogP contribution < -0.4 is 14.4 Å². The highest BCUT2D eigenvalue weighted by molar-refractivity contribution is 7.87. The molecule has 7 rings (SSSR count). The molecule has 1 aromatic heterocycles. The number of likely N-dealkylation sites (tertiary alicyclic amines) is 1. The van der Waals surface area contributed by atoms with Gasteiger partial charge in [-0.1, -0.05) is 0 Å². The number of anilines is 1. The third-order valence-electron chi connectivity index (χ3n) is 11.0. The molecule has 1 aliphatic carbocycles. The molecule has 2 N–H and O–H groups in total. The standard InChI is InChI=1S/C34H46F3N7O6S/c1-23(2)44(26-15-33(36,37)16-26)31(45)27-14-24(35)4-5-28(27)50-29-17-38-22-39-30(29)42-19-32(20-42)8-12-41(13-9-32)21-34(46)7-6-25(18-49-34)40-51(47,48)43-10-3-11-43/h4-5,14,17,22-23,25-26,40,46H,3,6-13,15-16,18-21H2,1-2H3/t25-,34-/m1/s1. The van der Waals surface area contributed by atoms with Crippen LogP contribution in [0.4, 0.5) is 19.0 Å². The number of alkyl halides is 2. The van der Waals surface area contributed by atoms with Crippen LogP contribution in [0.1, 0.15) is 69.2 Å². The highest BCUT2D eigenvalue weighted by Crippen LogP contribution is 2.46. The number of benzene rings is 1. The van der Waals surface area contributed by atoms with Crippen molar-refractivity contribution in [2.75, 3.05) is 57.3 Å². The normalized spacial score (nSPS) is 26.7. The van der Waals surface area contributed by atoms with Crippen molar-refractivity contribution >= 4 is 21.9 Å². The van der Waals surface area contributed by atoms with Crippen molar-refractivity contribution in [2.24, 2.45) is 5.41 Å². The lowest BCUT2D eigenvalue weighted by molar-refractivity contribution is -0.239. The molecule has 4 aliphatic heterocycles. The van der Waals surface area contributed by atoms with E-state index in [9.17, 15) is 31.5 Å². The van der Waals surface area contributed by atoms with E-state index < -0.39 is 52.5 Å². The smallest absolute Gasteiger partial charge is 0.279 e.